The molecule has 4 rings (SSSR count). The van der Waals surface area contributed by atoms with Crippen molar-refractivity contribution in [1.82, 2.24) is 0 Å². The number of hydrogen-bond acceptors (Lipinski definition) is 2. The first-order valence-electron chi connectivity index (χ1n) is 13.0. The number of carbonyl (C=O) groups excluding carboxylic acids is 1. The van der Waals surface area contributed by atoms with Crippen LogP contribution in [0.4, 0.5) is 0 Å². The lowest BCUT2D eigenvalue weighted by Gasteiger charge is -2.60. The summed E-state index contributed by atoms with van der Waals surface area (Å²) in [6, 6.07) is 0. The van der Waals surface area contributed by atoms with Gasteiger partial charge in [-0.05, 0) is 106 Å². The molecule has 0 aromatic rings. The van der Waals surface area contributed by atoms with Gasteiger partial charge in [-0.15, -0.1) is 0 Å². The van der Waals surface area contributed by atoms with Gasteiger partial charge in [-0.3, -0.25) is 4.79 Å². The van der Waals surface area contributed by atoms with Crippen LogP contribution in [0, 0.1) is 45.8 Å². The van der Waals surface area contributed by atoms with E-state index in [0.29, 0.717) is 23.0 Å². The van der Waals surface area contributed by atoms with Gasteiger partial charge in [0.1, 0.15) is 0 Å². The van der Waals surface area contributed by atoms with Crippen LogP contribution < -0.4 is 0 Å². The number of hydrogen-bond donors (Lipinski definition) is 1. The van der Waals surface area contributed by atoms with Gasteiger partial charge in [-0.1, -0.05) is 51.8 Å². The van der Waals surface area contributed by atoms with E-state index in [9.17, 15) is 9.90 Å². The Morgan fingerprint density at radius 1 is 1.10 bits per heavy atom. The molecule has 0 spiro atoms. The van der Waals surface area contributed by atoms with E-state index in [2.05, 4.69) is 54.5 Å². The molecule has 2 heteroatoms. The van der Waals surface area contributed by atoms with Crippen molar-refractivity contribution in [3.8, 4) is 0 Å². The SMILES string of the molecule is CC(C)=CCC[C@@H](C)[C@H]1CC[C@H]2[C@@H]3C(=O)C=C4C(C)(C)C(O)CC[C@]4(C)[C@H]3CC[C@]12C. The maximum absolute atomic E-state index is 13.7. The molecule has 0 saturated heterocycles. The number of rotatable bonds is 4. The van der Waals surface area contributed by atoms with Crippen molar-refractivity contribution in [3.05, 3.63) is 23.3 Å². The summed E-state index contributed by atoms with van der Waals surface area (Å²) >= 11 is 0. The predicted molar refractivity (Wildman–Crippen MR) is 129 cm³/mol. The average Bonchev–Trinajstić information content (AvgIpc) is 3.04. The predicted octanol–water partition coefficient (Wildman–Crippen LogP) is 7.12. The van der Waals surface area contributed by atoms with Gasteiger partial charge in [0.05, 0.1) is 6.10 Å². The molecule has 0 aliphatic heterocycles. The molecule has 3 fully saturated rings. The minimum absolute atomic E-state index is 0.0792. The fourth-order valence-electron chi connectivity index (χ4n) is 8.88. The molecule has 2 nitrogen and oxygen atoms in total. The van der Waals surface area contributed by atoms with Gasteiger partial charge in [-0.25, -0.2) is 0 Å². The Morgan fingerprint density at radius 2 is 1.81 bits per heavy atom. The fourth-order valence-corrected chi connectivity index (χ4v) is 8.88. The number of carbonyl (C=O) groups is 1. The average molecular weight is 427 g/mol. The highest BCUT2D eigenvalue weighted by Gasteiger charge is 2.63. The molecule has 0 aromatic heterocycles. The Bertz CT molecular complexity index is 785. The maximum Gasteiger partial charge on any atom is 0.159 e. The quantitative estimate of drug-likeness (QED) is 0.486. The van der Waals surface area contributed by atoms with E-state index in [-0.39, 0.29) is 22.9 Å². The zero-order valence-corrected chi connectivity index (χ0v) is 21.1. The highest BCUT2D eigenvalue weighted by atomic mass is 16.3. The third-order valence-electron chi connectivity index (χ3n) is 10.7. The molecule has 31 heavy (non-hydrogen) atoms. The summed E-state index contributed by atoms with van der Waals surface area (Å²) in [6.07, 6.45) is 13.4. The highest BCUT2D eigenvalue weighted by Crippen LogP contribution is 2.68. The monoisotopic (exact) mass is 426 g/mol. The van der Waals surface area contributed by atoms with Gasteiger partial charge < -0.3 is 5.11 Å². The Hall–Kier alpha value is -0.890. The lowest BCUT2D eigenvalue weighted by atomic mass is 9.44. The summed E-state index contributed by atoms with van der Waals surface area (Å²) < 4.78 is 0. The van der Waals surface area contributed by atoms with E-state index in [1.54, 1.807) is 0 Å². The first-order chi connectivity index (χ1) is 14.4. The van der Waals surface area contributed by atoms with E-state index in [1.165, 1.54) is 49.7 Å². The van der Waals surface area contributed by atoms with Crippen molar-refractivity contribution >= 4 is 5.78 Å². The third kappa shape index (κ3) is 3.51. The molecule has 0 heterocycles. The van der Waals surface area contributed by atoms with Gasteiger partial charge in [0.15, 0.2) is 5.78 Å². The van der Waals surface area contributed by atoms with Crippen molar-refractivity contribution in [2.24, 2.45) is 45.8 Å². The van der Waals surface area contributed by atoms with Crippen LogP contribution in [0.15, 0.2) is 23.3 Å². The zero-order chi connectivity index (χ0) is 22.8. The summed E-state index contributed by atoms with van der Waals surface area (Å²) in [5, 5.41) is 10.7. The normalized spacial score (nSPS) is 44.6. The molecule has 8 atom stereocenters. The van der Waals surface area contributed by atoms with Crippen LogP contribution in [0.2, 0.25) is 0 Å². The summed E-state index contributed by atoms with van der Waals surface area (Å²) in [5.74, 6) is 3.07. The Kier molecular flexibility index (Phi) is 5.90. The maximum atomic E-state index is 13.7. The van der Waals surface area contributed by atoms with Crippen LogP contribution >= 0.6 is 0 Å². The molecule has 4 aliphatic carbocycles. The van der Waals surface area contributed by atoms with E-state index in [0.717, 1.165) is 24.7 Å². The van der Waals surface area contributed by atoms with E-state index in [4.69, 9.17) is 0 Å². The molecular weight excluding hydrogens is 380 g/mol. The fraction of sp³-hybridized carbons (Fsp3) is 0.828. The lowest BCUT2D eigenvalue weighted by molar-refractivity contribution is -0.137. The second kappa shape index (κ2) is 7.86. The van der Waals surface area contributed by atoms with Crippen LogP contribution in [0.5, 0.6) is 0 Å². The first kappa shape index (κ1) is 23.3. The minimum atomic E-state index is -0.331. The summed E-state index contributed by atoms with van der Waals surface area (Å²) in [7, 11) is 0. The van der Waals surface area contributed by atoms with Gasteiger partial charge in [-0.2, -0.15) is 0 Å². The first-order valence-corrected chi connectivity index (χ1v) is 13.0. The minimum Gasteiger partial charge on any atom is -0.392 e. The Balaban J connectivity index is 1.61. The van der Waals surface area contributed by atoms with Gasteiger partial charge in [0, 0.05) is 11.3 Å². The Morgan fingerprint density at radius 3 is 2.48 bits per heavy atom. The van der Waals surface area contributed by atoms with Crippen LogP contribution in [0.1, 0.15) is 99.8 Å². The molecule has 1 N–H and O–H groups in total. The second-order valence-corrected chi connectivity index (χ2v) is 13.0. The summed E-state index contributed by atoms with van der Waals surface area (Å²) in [4.78, 5) is 13.7. The lowest BCUT2D eigenvalue weighted by Crippen LogP contribution is -2.57. The smallest absolute Gasteiger partial charge is 0.159 e. The number of fused-ring (bicyclic) bond motifs is 5. The number of ketones is 1. The van der Waals surface area contributed by atoms with E-state index < -0.39 is 0 Å². The molecule has 0 bridgehead atoms. The van der Waals surface area contributed by atoms with Crippen molar-refractivity contribution in [1.29, 1.82) is 0 Å². The van der Waals surface area contributed by atoms with E-state index >= 15 is 0 Å². The van der Waals surface area contributed by atoms with Crippen molar-refractivity contribution in [2.45, 2.75) is 106 Å². The van der Waals surface area contributed by atoms with Crippen molar-refractivity contribution < 1.29 is 9.90 Å². The molecular formula is C29H46O2. The number of aliphatic hydroxyl groups excluding tert-OH is 1. The van der Waals surface area contributed by atoms with Gasteiger partial charge >= 0.3 is 0 Å². The largest absolute Gasteiger partial charge is 0.392 e. The van der Waals surface area contributed by atoms with Crippen LogP contribution in [0.25, 0.3) is 0 Å². The van der Waals surface area contributed by atoms with Crippen molar-refractivity contribution in [2.75, 3.05) is 0 Å². The Labute approximate surface area is 191 Å². The summed E-state index contributed by atoms with van der Waals surface area (Å²) in [5.41, 5.74) is 2.78. The number of allylic oxidation sites excluding steroid dienone is 3. The molecule has 0 radical (unpaired) electrons. The van der Waals surface area contributed by atoms with Crippen LogP contribution in [-0.4, -0.2) is 17.0 Å². The third-order valence-corrected chi connectivity index (χ3v) is 10.7. The molecule has 4 aliphatic rings. The van der Waals surface area contributed by atoms with Crippen molar-refractivity contribution in [3.63, 3.8) is 0 Å². The second-order valence-electron chi connectivity index (χ2n) is 13.0. The highest BCUT2D eigenvalue weighted by molar-refractivity contribution is 5.95. The van der Waals surface area contributed by atoms with Gasteiger partial charge in [0.25, 0.3) is 0 Å². The topological polar surface area (TPSA) is 37.3 Å². The summed E-state index contributed by atoms with van der Waals surface area (Å²) in [6.45, 7) is 16.1. The molecule has 1 unspecified atom stereocenters. The van der Waals surface area contributed by atoms with E-state index in [1.807, 2.05) is 6.08 Å². The molecule has 0 amide bonds. The zero-order valence-electron chi connectivity index (χ0n) is 21.1. The van der Waals surface area contributed by atoms with Crippen LogP contribution in [-0.2, 0) is 4.79 Å². The van der Waals surface area contributed by atoms with Gasteiger partial charge in [0.2, 0.25) is 0 Å². The molecule has 0 aromatic carbocycles. The standard InChI is InChI=1S/C29H46O2/c1-18(2)9-8-10-19(3)20-11-12-21-26-22(13-15-28(20,21)6)29(7)16-14-25(31)27(4,5)24(29)17-23(26)30/h9,17,19-22,25-26,31H,8,10-16H2,1-7H3/t19-,20-,21+,22+,25?,26+,28-,29-/m1/s1. The molecule has 3 saturated carbocycles. The molecule has 174 valence electrons. The van der Waals surface area contributed by atoms with Crippen LogP contribution in [0.3, 0.4) is 0 Å². The number of aliphatic hydroxyl groups is 1.